The lowest BCUT2D eigenvalue weighted by Gasteiger charge is -2.17. The van der Waals surface area contributed by atoms with Gasteiger partial charge >= 0.3 is 0 Å². The first-order chi connectivity index (χ1) is 11.7. The monoisotopic (exact) mass is 343 g/mol. The van der Waals surface area contributed by atoms with E-state index >= 15 is 0 Å². The van der Waals surface area contributed by atoms with E-state index in [9.17, 15) is 4.79 Å². The number of carbonyl (C=O) groups excluding carboxylic acids is 1. The van der Waals surface area contributed by atoms with E-state index in [1.165, 1.54) is 0 Å². The highest BCUT2D eigenvalue weighted by Crippen LogP contribution is 2.38. The van der Waals surface area contributed by atoms with Gasteiger partial charge in [0.15, 0.2) is 0 Å². The largest absolute Gasteiger partial charge is 0.365 e. The molecule has 2 aromatic rings. The zero-order chi connectivity index (χ0) is 16.5. The Morgan fingerprint density at radius 3 is 2.88 bits per heavy atom. The molecule has 124 valence electrons. The van der Waals surface area contributed by atoms with Gasteiger partial charge in [0.2, 0.25) is 0 Å². The lowest BCUT2D eigenvalue weighted by Crippen LogP contribution is -2.32. The first kappa shape index (κ1) is 15.3. The molecule has 1 amide bonds. The van der Waals surface area contributed by atoms with Crippen molar-refractivity contribution >= 4 is 23.3 Å². The highest BCUT2D eigenvalue weighted by molar-refractivity contribution is 6.29. The second kappa shape index (κ2) is 6.36. The molecule has 2 aliphatic rings. The fraction of sp³-hybridized carbons (Fsp3) is 0.412. The van der Waals surface area contributed by atoms with Gasteiger partial charge in [0.1, 0.15) is 22.5 Å². The van der Waals surface area contributed by atoms with Crippen molar-refractivity contribution in [1.29, 1.82) is 0 Å². The third-order valence-electron chi connectivity index (χ3n) is 4.37. The molecule has 1 aliphatic heterocycles. The summed E-state index contributed by atoms with van der Waals surface area (Å²) in [5.74, 6) is 1.99. The summed E-state index contributed by atoms with van der Waals surface area (Å²) >= 11 is 6.10. The molecule has 2 aromatic heterocycles. The maximum absolute atomic E-state index is 12.4. The summed E-state index contributed by atoms with van der Waals surface area (Å²) in [5, 5.41) is 3.86. The van der Waals surface area contributed by atoms with Crippen LogP contribution in [0.15, 0.2) is 30.5 Å². The fourth-order valence-electron chi connectivity index (χ4n) is 2.96. The molecule has 4 rings (SSSR count). The van der Waals surface area contributed by atoms with Gasteiger partial charge in [-0.15, -0.1) is 0 Å². The van der Waals surface area contributed by atoms with Gasteiger partial charge in [-0.3, -0.25) is 9.78 Å². The molecule has 7 heteroatoms. The number of nitrogens with zero attached hydrogens (tertiary/aromatic N) is 4. The number of halogens is 1. The SMILES string of the molecule is O=C(c1ccccn1)N1CCC(Nc2cc(Cl)nc(C3CC3)n2)C1. The van der Waals surface area contributed by atoms with Gasteiger partial charge in [0.05, 0.1) is 0 Å². The van der Waals surface area contributed by atoms with E-state index in [0.29, 0.717) is 29.9 Å². The summed E-state index contributed by atoms with van der Waals surface area (Å²) in [6.45, 7) is 1.34. The number of anilines is 1. The van der Waals surface area contributed by atoms with E-state index in [2.05, 4.69) is 20.3 Å². The van der Waals surface area contributed by atoms with Crippen molar-refractivity contribution in [3.05, 3.63) is 47.1 Å². The van der Waals surface area contributed by atoms with E-state index < -0.39 is 0 Å². The van der Waals surface area contributed by atoms with Crippen molar-refractivity contribution in [3.63, 3.8) is 0 Å². The molecule has 1 N–H and O–H groups in total. The van der Waals surface area contributed by atoms with Crippen LogP contribution in [0, 0.1) is 0 Å². The molecule has 3 heterocycles. The predicted molar refractivity (Wildman–Crippen MR) is 91.2 cm³/mol. The van der Waals surface area contributed by atoms with Crippen LogP contribution in [0.1, 0.15) is 41.5 Å². The lowest BCUT2D eigenvalue weighted by molar-refractivity contribution is 0.0786. The van der Waals surface area contributed by atoms with Crippen LogP contribution in [-0.4, -0.2) is 44.9 Å². The second-order valence-electron chi connectivity index (χ2n) is 6.30. The first-order valence-electron chi connectivity index (χ1n) is 8.20. The molecule has 2 fully saturated rings. The molecule has 6 nitrogen and oxygen atoms in total. The topological polar surface area (TPSA) is 71.0 Å². The normalized spacial score (nSPS) is 20.2. The maximum Gasteiger partial charge on any atom is 0.272 e. The molecular weight excluding hydrogens is 326 g/mol. The van der Waals surface area contributed by atoms with Gasteiger partial charge in [-0.05, 0) is 31.4 Å². The highest BCUT2D eigenvalue weighted by atomic mass is 35.5. The molecule has 0 aromatic carbocycles. The summed E-state index contributed by atoms with van der Waals surface area (Å²) in [5.41, 5.74) is 0.485. The number of aromatic nitrogens is 3. The minimum atomic E-state index is -0.0284. The Labute approximate surface area is 145 Å². The Balaban J connectivity index is 1.41. The van der Waals surface area contributed by atoms with Crippen molar-refractivity contribution < 1.29 is 4.79 Å². The zero-order valence-corrected chi connectivity index (χ0v) is 13.9. The lowest BCUT2D eigenvalue weighted by atomic mass is 10.2. The summed E-state index contributed by atoms with van der Waals surface area (Å²) in [6, 6.07) is 7.29. The van der Waals surface area contributed by atoms with Crippen molar-refractivity contribution in [3.8, 4) is 0 Å². The number of amides is 1. The third kappa shape index (κ3) is 3.33. The molecule has 0 bridgehead atoms. The van der Waals surface area contributed by atoms with E-state index in [1.54, 1.807) is 24.4 Å². The summed E-state index contributed by atoms with van der Waals surface area (Å²) in [7, 11) is 0. The Morgan fingerprint density at radius 1 is 1.25 bits per heavy atom. The van der Waals surface area contributed by atoms with Gasteiger partial charge in [-0.2, -0.15) is 0 Å². The molecule has 0 spiro atoms. The van der Waals surface area contributed by atoms with Crippen molar-refractivity contribution in [2.45, 2.75) is 31.2 Å². The van der Waals surface area contributed by atoms with Gasteiger partial charge in [0.25, 0.3) is 5.91 Å². The van der Waals surface area contributed by atoms with Crippen LogP contribution in [0.5, 0.6) is 0 Å². The summed E-state index contributed by atoms with van der Waals surface area (Å²) in [4.78, 5) is 27.3. The Hall–Kier alpha value is -2.21. The molecule has 1 aliphatic carbocycles. The van der Waals surface area contributed by atoms with Gasteiger partial charge < -0.3 is 10.2 Å². The smallest absolute Gasteiger partial charge is 0.272 e. The van der Waals surface area contributed by atoms with E-state index in [1.807, 2.05) is 11.0 Å². The van der Waals surface area contributed by atoms with Crippen LogP contribution in [0.25, 0.3) is 0 Å². The van der Waals surface area contributed by atoms with Crippen LogP contribution < -0.4 is 5.32 Å². The molecule has 1 atom stereocenters. The zero-order valence-electron chi connectivity index (χ0n) is 13.2. The first-order valence-corrected chi connectivity index (χ1v) is 8.58. The fourth-order valence-corrected chi connectivity index (χ4v) is 3.15. The summed E-state index contributed by atoms with van der Waals surface area (Å²) < 4.78 is 0. The molecule has 0 radical (unpaired) electrons. The van der Waals surface area contributed by atoms with E-state index in [0.717, 1.165) is 30.9 Å². The molecule has 1 unspecified atom stereocenters. The highest BCUT2D eigenvalue weighted by Gasteiger charge is 2.29. The number of nitrogens with one attached hydrogen (secondary N) is 1. The minimum Gasteiger partial charge on any atom is -0.365 e. The maximum atomic E-state index is 12.4. The number of pyridine rings is 1. The van der Waals surface area contributed by atoms with Crippen LogP contribution in [0.3, 0.4) is 0 Å². The number of hydrogen-bond acceptors (Lipinski definition) is 5. The van der Waals surface area contributed by atoms with Crippen LogP contribution in [0.4, 0.5) is 5.82 Å². The quantitative estimate of drug-likeness (QED) is 0.864. The predicted octanol–water partition coefficient (Wildman–Crippen LogP) is 2.73. The Morgan fingerprint density at radius 2 is 2.12 bits per heavy atom. The Kier molecular flexibility index (Phi) is 4.06. The Bertz CT molecular complexity index is 750. The van der Waals surface area contributed by atoms with Crippen LogP contribution in [-0.2, 0) is 0 Å². The summed E-state index contributed by atoms with van der Waals surface area (Å²) in [6.07, 6.45) is 4.78. The van der Waals surface area contributed by atoms with Gasteiger partial charge in [-0.1, -0.05) is 17.7 Å². The molecule has 24 heavy (non-hydrogen) atoms. The standard InChI is InChI=1S/C17H18ClN5O/c18-14-9-15(22-16(21-14)11-4-5-11)20-12-6-8-23(10-12)17(24)13-3-1-2-7-19-13/h1-3,7,9,11-12H,4-6,8,10H2,(H,20,21,22). The van der Waals surface area contributed by atoms with Crippen LogP contribution in [0.2, 0.25) is 5.15 Å². The van der Waals surface area contributed by atoms with Crippen LogP contribution >= 0.6 is 11.6 Å². The van der Waals surface area contributed by atoms with E-state index in [-0.39, 0.29) is 11.9 Å². The van der Waals surface area contributed by atoms with Crippen molar-refractivity contribution in [2.75, 3.05) is 18.4 Å². The van der Waals surface area contributed by atoms with E-state index in [4.69, 9.17) is 11.6 Å². The average Bonchev–Trinajstić information content (AvgIpc) is 3.35. The van der Waals surface area contributed by atoms with Crippen molar-refractivity contribution in [2.24, 2.45) is 0 Å². The molecular formula is C17H18ClN5O. The van der Waals surface area contributed by atoms with Crippen molar-refractivity contribution in [1.82, 2.24) is 19.9 Å². The number of rotatable bonds is 4. The molecule has 1 saturated heterocycles. The number of hydrogen-bond donors (Lipinski definition) is 1. The minimum absolute atomic E-state index is 0.0284. The number of likely N-dealkylation sites (tertiary alicyclic amines) is 1. The number of carbonyl (C=O) groups is 1. The third-order valence-corrected chi connectivity index (χ3v) is 4.56. The average molecular weight is 344 g/mol. The second-order valence-corrected chi connectivity index (χ2v) is 6.69. The van der Waals surface area contributed by atoms with Gasteiger partial charge in [0, 0.05) is 37.3 Å². The van der Waals surface area contributed by atoms with Gasteiger partial charge in [-0.25, -0.2) is 9.97 Å². The molecule has 1 saturated carbocycles.